The fraction of sp³-hybridized carbons (Fsp3) is 0.188. The molecule has 0 aliphatic heterocycles. The predicted octanol–water partition coefficient (Wildman–Crippen LogP) is 10.8. The van der Waals surface area contributed by atoms with Crippen LogP contribution in [0.5, 0.6) is 0 Å². The molecular weight excluding hydrogens is 500 g/mol. The van der Waals surface area contributed by atoms with Gasteiger partial charge in [-0.05, 0) is 95.3 Å². The van der Waals surface area contributed by atoms with Crippen molar-refractivity contribution in [3.63, 3.8) is 0 Å². The Morgan fingerprint density at radius 2 is 0.971 bits per heavy atom. The smallest absolute Gasteiger partial charge is 0.0485 e. The van der Waals surface area contributed by atoms with E-state index in [2.05, 4.69) is 90.4 Å². The van der Waals surface area contributed by atoms with E-state index < -0.39 is 0 Å². The summed E-state index contributed by atoms with van der Waals surface area (Å²) < 4.78 is 1.17. The van der Waals surface area contributed by atoms with Crippen LogP contribution in [0.4, 0.5) is 0 Å². The van der Waals surface area contributed by atoms with Gasteiger partial charge >= 0.3 is 0 Å². The van der Waals surface area contributed by atoms with E-state index in [0.29, 0.717) is 0 Å². The average Bonchev–Trinajstić information content (AvgIpc) is 3.36. The van der Waals surface area contributed by atoms with E-state index in [0.717, 1.165) is 30.7 Å². The summed E-state index contributed by atoms with van der Waals surface area (Å²) in [7, 11) is 0. The summed E-state index contributed by atoms with van der Waals surface area (Å²) in [6.45, 7) is 4.61. The van der Waals surface area contributed by atoms with E-state index in [1.165, 1.54) is 80.2 Å². The van der Waals surface area contributed by atoms with Crippen LogP contribution in [0.2, 0.25) is 5.02 Å². The molecule has 0 unspecified atom stereocenters. The molecule has 7 rings (SSSR count). The van der Waals surface area contributed by atoms with Crippen LogP contribution in [0.3, 0.4) is 0 Å². The van der Waals surface area contributed by atoms with E-state index in [9.17, 15) is 0 Å². The molecule has 34 heavy (non-hydrogen) atoms. The van der Waals surface area contributed by atoms with E-state index in [1.54, 1.807) is 0 Å². The molecule has 0 atom stereocenters. The Morgan fingerprint density at radius 1 is 0.529 bits per heavy atom. The molecule has 0 amide bonds. The molecule has 0 aliphatic rings. The molecule has 166 valence electrons. The fourth-order valence-corrected chi connectivity index (χ4v) is 7.30. The van der Waals surface area contributed by atoms with Gasteiger partial charge in [-0.3, -0.25) is 0 Å². The minimum absolute atomic E-state index is 0.843. The van der Waals surface area contributed by atoms with Gasteiger partial charge in [0.05, 0.1) is 0 Å². The van der Waals surface area contributed by atoms with Crippen LogP contribution in [0.25, 0.3) is 64.6 Å². The van der Waals surface area contributed by atoms with E-state index in [1.807, 2.05) is 0 Å². The van der Waals surface area contributed by atoms with Crippen LogP contribution in [-0.4, -0.2) is 0 Å². The second-order valence-electron chi connectivity index (χ2n) is 9.60. The molecule has 0 radical (unpaired) electrons. The molecule has 0 spiro atoms. The minimum atomic E-state index is 0.843. The first-order valence-corrected chi connectivity index (χ1v) is 13.5. The fourth-order valence-electron chi connectivity index (χ4n) is 6.62. The van der Waals surface area contributed by atoms with Crippen LogP contribution in [0.15, 0.2) is 65.1 Å². The average molecular weight is 524 g/mol. The highest BCUT2D eigenvalue weighted by Gasteiger charge is 2.25. The standard InChI is InChI=1S/C32H24BrCl/c1-3-7-19-29-21-11-5-9-17-25(33)15-13-23(27(17)21)31(29)20(8-4-2)30-22-12-6-10-18-26(34)16-14-24(28(18)22)32(19)30/h5-6,9-16H,3-4,7-8H2,1-2H3. The van der Waals surface area contributed by atoms with Gasteiger partial charge in [-0.15, -0.1) is 0 Å². The highest BCUT2D eigenvalue weighted by Crippen LogP contribution is 2.51. The summed E-state index contributed by atoms with van der Waals surface area (Å²) in [5, 5.41) is 17.4. The second-order valence-corrected chi connectivity index (χ2v) is 10.9. The van der Waals surface area contributed by atoms with E-state index >= 15 is 0 Å². The van der Waals surface area contributed by atoms with Crippen molar-refractivity contribution >= 4 is 92.2 Å². The normalized spacial score (nSPS) is 12.6. The zero-order chi connectivity index (χ0) is 23.1. The number of hydrogen-bond donors (Lipinski definition) is 0. The van der Waals surface area contributed by atoms with Gasteiger partial charge in [0.2, 0.25) is 0 Å². The number of benzene rings is 5. The summed E-state index contributed by atoms with van der Waals surface area (Å²) in [5.41, 5.74) is 3.01. The minimum Gasteiger partial charge on any atom is -0.0837 e. The summed E-state index contributed by atoms with van der Waals surface area (Å²) in [5.74, 6) is 0. The van der Waals surface area contributed by atoms with Crippen LogP contribution in [0.1, 0.15) is 37.8 Å². The summed E-state index contributed by atoms with van der Waals surface area (Å²) in [4.78, 5) is 0. The van der Waals surface area contributed by atoms with Crippen LogP contribution in [0, 0.1) is 0 Å². The van der Waals surface area contributed by atoms with Gasteiger partial charge in [-0.1, -0.05) is 103 Å². The molecular formula is C32H24BrCl. The van der Waals surface area contributed by atoms with Crippen molar-refractivity contribution in [3.05, 3.63) is 81.3 Å². The zero-order valence-electron chi connectivity index (χ0n) is 19.4. The highest BCUT2D eigenvalue weighted by atomic mass is 79.9. The number of aryl methyl sites for hydroxylation is 2. The van der Waals surface area contributed by atoms with Crippen molar-refractivity contribution in [2.75, 3.05) is 0 Å². The van der Waals surface area contributed by atoms with E-state index in [-0.39, 0.29) is 0 Å². The van der Waals surface area contributed by atoms with E-state index in [4.69, 9.17) is 11.6 Å². The first-order chi connectivity index (χ1) is 16.7. The number of hydrogen-bond acceptors (Lipinski definition) is 0. The van der Waals surface area contributed by atoms with Crippen molar-refractivity contribution in [2.45, 2.75) is 39.5 Å². The Kier molecular flexibility index (Phi) is 4.54. The molecule has 0 bridgehead atoms. The number of rotatable bonds is 4. The van der Waals surface area contributed by atoms with Gasteiger partial charge in [-0.25, -0.2) is 0 Å². The Morgan fingerprint density at radius 3 is 1.53 bits per heavy atom. The lowest BCUT2D eigenvalue weighted by Gasteiger charge is -2.14. The van der Waals surface area contributed by atoms with Gasteiger partial charge < -0.3 is 0 Å². The Balaban J connectivity index is 1.89. The maximum atomic E-state index is 6.71. The lowest BCUT2D eigenvalue weighted by atomic mass is 9.90. The zero-order valence-corrected chi connectivity index (χ0v) is 21.7. The topological polar surface area (TPSA) is 0 Å². The third kappa shape index (κ3) is 2.50. The molecule has 0 N–H and O–H groups in total. The molecule has 0 saturated heterocycles. The quantitative estimate of drug-likeness (QED) is 0.215. The third-order valence-corrected chi connectivity index (χ3v) is 8.78. The lowest BCUT2D eigenvalue weighted by molar-refractivity contribution is 0.929. The van der Waals surface area contributed by atoms with Crippen molar-refractivity contribution < 1.29 is 0 Å². The SMILES string of the molecule is CCCc1c2c3ccc(Cl)c4cccc(c2c(CCC)c2c5ccc(Br)c6cccc(c12)c65)c43. The van der Waals surface area contributed by atoms with Crippen LogP contribution < -0.4 is 0 Å². The first kappa shape index (κ1) is 20.7. The number of fused-ring (bicyclic) bond motifs is 6. The summed E-state index contributed by atoms with van der Waals surface area (Å²) >= 11 is 10.5. The van der Waals surface area contributed by atoms with Gasteiger partial charge in [-0.2, -0.15) is 0 Å². The Labute approximate surface area is 212 Å². The van der Waals surface area contributed by atoms with Crippen molar-refractivity contribution in [1.82, 2.24) is 0 Å². The maximum absolute atomic E-state index is 6.71. The monoisotopic (exact) mass is 522 g/mol. The molecule has 0 aliphatic carbocycles. The lowest BCUT2D eigenvalue weighted by Crippen LogP contribution is -1.93. The molecule has 2 heteroatoms. The predicted molar refractivity (Wildman–Crippen MR) is 155 cm³/mol. The third-order valence-electron chi connectivity index (χ3n) is 7.76. The van der Waals surface area contributed by atoms with Crippen LogP contribution >= 0.6 is 27.5 Å². The molecule has 0 heterocycles. The molecule has 7 aromatic rings. The van der Waals surface area contributed by atoms with Crippen molar-refractivity contribution in [2.24, 2.45) is 0 Å². The maximum Gasteiger partial charge on any atom is 0.0485 e. The Bertz CT molecular complexity index is 1700. The van der Waals surface area contributed by atoms with Gasteiger partial charge in [0, 0.05) is 14.9 Å². The van der Waals surface area contributed by atoms with Gasteiger partial charge in [0.1, 0.15) is 0 Å². The molecule has 0 fully saturated rings. The van der Waals surface area contributed by atoms with Crippen molar-refractivity contribution in [3.8, 4) is 0 Å². The Hall–Kier alpha value is -2.61. The highest BCUT2D eigenvalue weighted by molar-refractivity contribution is 9.10. The van der Waals surface area contributed by atoms with Crippen LogP contribution in [-0.2, 0) is 12.8 Å². The molecule has 0 saturated carbocycles. The number of halogens is 2. The summed E-state index contributed by atoms with van der Waals surface area (Å²) in [6.07, 6.45) is 4.38. The van der Waals surface area contributed by atoms with Gasteiger partial charge in [0.15, 0.2) is 0 Å². The second kappa shape index (κ2) is 7.44. The summed E-state index contributed by atoms with van der Waals surface area (Å²) in [6, 6.07) is 22.4. The molecule has 0 nitrogen and oxygen atoms in total. The largest absolute Gasteiger partial charge is 0.0837 e. The van der Waals surface area contributed by atoms with Gasteiger partial charge in [0.25, 0.3) is 0 Å². The van der Waals surface area contributed by atoms with Crippen molar-refractivity contribution in [1.29, 1.82) is 0 Å². The molecule has 0 aromatic heterocycles. The molecule has 7 aromatic carbocycles. The first-order valence-electron chi connectivity index (χ1n) is 12.3.